The van der Waals surface area contributed by atoms with E-state index >= 15 is 0 Å². The van der Waals surface area contributed by atoms with E-state index in [2.05, 4.69) is 4.98 Å². The van der Waals surface area contributed by atoms with E-state index in [4.69, 9.17) is 10.7 Å². The third-order valence-electron chi connectivity index (χ3n) is 4.66. The number of hydrogen-bond acceptors (Lipinski definition) is 4. The van der Waals surface area contributed by atoms with Crippen LogP contribution in [0, 0.1) is 6.92 Å². The number of nitrogens with zero attached hydrogens (tertiary/aromatic N) is 2. The Hall–Kier alpha value is -3.86. The quantitative estimate of drug-likeness (QED) is 0.479. The second-order valence-corrected chi connectivity index (χ2v) is 6.51. The number of benzene rings is 2. The molecule has 0 bridgehead atoms. The highest BCUT2D eigenvalue weighted by molar-refractivity contribution is 5.98. The van der Waals surface area contributed by atoms with E-state index in [1.807, 2.05) is 69.3 Å². The van der Waals surface area contributed by atoms with E-state index in [1.165, 1.54) is 0 Å². The summed E-state index contributed by atoms with van der Waals surface area (Å²) in [7, 11) is 0. The summed E-state index contributed by atoms with van der Waals surface area (Å²) in [6.45, 7) is 5.84. The molecule has 5 nitrogen and oxygen atoms in total. The van der Waals surface area contributed by atoms with Gasteiger partial charge < -0.3 is 5.73 Å². The first kappa shape index (κ1) is 20.9. The Morgan fingerprint density at radius 2 is 1.57 bits per heavy atom. The molecule has 2 N–H and O–H groups in total. The lowest BCUT2D eigenvalue weighted by Gasteiger charge is -2.13. The molecular weight excluding hydrogens is 374 g/mol. The molecule has 0 saturated heterocycles. The largest absolute Gasteiger partial charge is 0.364 e. The van der Waals surface area contributed by atoms with Crippen LogP contribution in [0.2, 0.25) is 0 Å². The number of carbonyl (C=O) groups excluding carboxylic acids is 2. The molecule has 0 radical (unpaired) electrons. The minimum Gasteiger partial charge on any atom is -0.364 e. The Morgan fingerprint density at radius 1 is 0.900 bits per heavy atom. The smallest absolute Gasteiger partial charge is 0.267 e. The zero-order valence-corrected chi connectivity index (χ0v) is 17.2. The zero-order chi connectivity index (χ0) is 21.7. The maximum atomic E-state index is 11.6. The maximum Gasteiger partial charge on any atom is 0.267 e. The van der Waals surface area contributed by atoms with Crippen molar-refractivity contribution in [2.75, 3.05) is 0 Å². The number of aromatic nitrogens is 2. The van der Waals surface area contributed by atoms with Crippen LogP contribution >= 0.6 is 0 Å². The van der Waals surface area contributed by atoms with E-state index in [0.717, 1.165) is 34.1 Å². The minimum absolute atomic E-state index is 0.187. The van der Waals surface area contributed by atoms with Crippen molar-refractivity contribution in [3.8, 4) is 22.4 Å². The average molecular weight is 397 g/mol. The number of rotatable bonds is 4. The topological polar surface area (TPSA) is 85.9 Å². The Bertz CT molecular complexity index is 1200. The second kappa shape index (κ2) is 9.09. The predicted octanol–water partition coefficient (Wildman–Crippen LogP) is 5.21. The SMILES string of the molecule is CC.Cc1nc(C(N)=O)cc2nc(-c3ccc(C=O)cc3)c(-c3ccccc3)cc12. The van der Waals surface area contributed by atoms with Gasteiger partial charge in [-0.3, -0.25) is 9.59 Å². The Morgan fingerprint density at radius 3 is 2.17 bits per heavy atom. The number of amides is 1. The molecule has 0 atom stereocenters. The molecule has 4 aromatic rings. The Kier molecular flexibility index (Phi) is 6.32. The van der Waals surface area contributed by atoms with Crippen LogP contribution in [0.5, 0.6) is 0 Å². The van der Waals surface area contributed by atoms with Crippen LogP contribution in [0.15, 0.2) is 66.7 Å². The van der Waals surface area contributed by atoms with Gasteiger partial charge in [0, 0.05) is 27.8 Å². The maximum absolute atomic E-state index is 11.6. The summed E-state index contributed by atoms with van der Waals surface area (Å²) in [6, 6.07) is 20.9. The summed E-state index contributed by atoms with van der Waals surface area (Å²) < 4.78 is 0. The van der Waals surface area contributed by atoms with Crippen LogP contribution in [0.25, 0.3) is 33.3 Å². The van der Waals surface area contributed by atoms with Gasteiger partial charge in [0.25, 0.3) is 5.91 Å². The average Bonchev–Trinajstić information content (AvgIpc) is 2.80. The molecule has 0 aliphatic rings. The Balaban J connectivity index is 0.00000124. The fraction of sp³-hybridized carbons (Fsp3) is 0.120. The van der Waals surface area contributed by atoms with Crippen molar-refractivity contribution >= 4 is 23.1 Å². The van der Waals surface area contributed by atoms with Gasteiger partial charge in [-0.2, -0.15) is 0 Å². The molecule has 0 fully saturated rings. The Labute approximate surface area is 175 Å². The van der Waals surface area contributed by atoms with Gasteiger partial charge in [-0.05, 0) is 24.6 Å². The van der Waals surface area contributed by atoms with Crippen LogP contribution in [-0.2, 0) is 0 Å². The monoisotopic (exact) mass is 397 g/mol. The molecule has 4 rings (SSSR count). The number of hydrogen-bond donors (Lipinski definition) is 1. The molecule has 150 valence electrons. The molecular formula is C25H23N3O2. The molecule has 0 saturated carbocycles. The number of nitrogens with two attached hydrogens (primary N) is 1. The summed E-state index contributed by atoms with van der Waals surface area (Å²) in [5.41, 5.74) is 11.1. The number of pyridine rings is 2. The third-order valence-corrected chi connectivity index (χ3v) is 4.66. The first-order chi connectivity index (χ1) is 14.6. The van der Waals surface area contributed by atoms with E-state index in [0.29, 0.717) is 16.8 Å². The number of aryl methyl sites for hydroxylation is 1. The summed E-state index contributed by atoms with van der Waals surface area (Å²) in [6.07, 6.45) is 0.809. The molecule has 0 spiro atoms. The van der Waals surface area contributed by atoms with Crippen molar-refractivity contribution in [1.29, 1.82) is 0 Å². The van der Waals surface area contributed by atoms with E-state index in [9.17, 15) is 9.59 Å². The van der Waals surface area contributed by atoms with Crippen molar-refractivity contribution in [3.63, 3.8) is 0 Å². The predicted molar refractivity (Wildman–Crippen MR) is 120 cm³/mol. The summed E-state index contributed by atoms with van der Waals surface area (Å²) in [4.78, 5) is 31.8. The van der Waals surface area contributed by atoms with Gasteiger partial charge in [0.15, 0.2) is 0 Å². The molecule has 1 amide bonds. The molecule has 5 heteroatoms. The minimum atomic E-state index is -0.587. The molecule has 0 aliphatic heterocycles. The van der Waals surface area contributed by atoms with E-state index in [1.54, 1.807) is 18.2 Å². The number of aldehydes is 1. The highest BCUT2D eigenvalue weighted by Crippen LogP contribution is 2.34. The molecule has 0 unspecified atom stereocenters. The van der Waals surface area contributed by atoms with Gasteiger partial charge in [0.2, 0.25) is 0 Å². The van der Waals surface area contributed by atoms with E-state index in [-0.39, 0.29) is 5.69 Å². The number of carbonyl (C=O) groups is 2. The molecule has 0 aliphatic carbocycles. The van der Waals surface area contributed by atoms with Gasteiger partial charge in [0.1, 0.15) is 12.0 Å². The summed E-state index contributed by atoms with van der Waals surface area (Å²) in [5.74, 6) is -0.587. The second-order valence-electron chi connectivity index (χ2n) is 6.51. The number of fused-ring (bicyclic) bond motifs is 1. The summed E-state index contributed by atoms with van der Waals surface area (Å²) in [5, 5.41) is 0.858. The van der Waals surface area contributed by atoms with Crippen molar-refractivity contribution in [2.45, 2.75) is 20.8 Å². The van der Waals surface area contributed by atoms with Crippen molar-refractivity contribution in [3.05, 3.63) is 83.7 Å². The third kappa shape index (κ3) is 4.10. The molecule has 2 aromatic heterocycles. The van der Waals surface area contributed by atoms with Crippen molar-refractivity contribution in [1.82, 2.24) is 9.97 Å². The zero-order valence-electron chi connectivity index (χ0n) is 17.2. The standard InChI is InChI=1S/C23H17N3O2.C2H6/c1-14-18-11-19(16-5-3-2-4-6-16)22(17-9-7-15(13-27)8-10-17)26-20(18)12-21(25-14)23(24)28;1-2/h2-13H,1H3,(H2,24,28);1-2H3. The van der Waals surface area contributed by atoms with Crippen LogP contribution in [-0.4, -0.2) is 22.2 Å². The molecule has 30 heavy (non-hydrogen) atoms. The lowest BCUT2D eigenvalue weighted by molar-refractivity contribution is 0.0995. The van der Waals surface area contributed by atoms with Gasteiger partial charge in [0.05, 0.1) is 11.2 Å². The van der Waals surface area contributed by atoms with E-state index < -0.39 is 5.91 Å². The fourth-order valence-corrected chi connectivity index (χ4v) is 3.23. The van der Waals surface area contributed by atoms with Crippen LogP contribution in [0.4, 0.5) is 0 Å². The summed E-state index contributed by atoms with van der Waals surface area (Å²) >= 11 is 0. The van der Waals surface area contributed by atoms with Gasteiger partial charge >= 0.3 is 0 Å². The van der Waals surface area contributed by atoms with Crippen molar-refractivity contribution < 1.29 is 9.59 Å². The van der Waals surface area contributed by atoms with Gasteiger partial charge in [-0.25, -0.2) is 9.97 Å². The van der Waals surface area contributed by atoms with Crippen LogP contribution < -0.4 is 5.73 Å². The van der Waals surface area contributed by atoms with Gasteiger partial charge in [-0.1, -0.05) is 68.4 Å². The van der Waals surface area contributed by atoms with Crippen LogP contribution in [0.3, 0.4) is 0 Å². The van der Waals surface area contributed by atoms with Gasteiger partial charge in [-0.15, -0.1) is 0 Å². The fourth-order valence-electron chi connectivity index (χ4n) is 3.23. The molecule has 2 heterocycles. The van der Waals surface area contributed by atoms with Crippen molar-refractivity contribution in [2.24, 2.45) is 5.73 Å². The molecule has 2 aromatic carbocycles. The van der Waals surface area contributed by atoms with Crippen LogP contribution in [0.1, 0.15) is 40.4 Å². The highest BCUT2D eigenvalue weighted by Gasteiger charge is 2.15. The lowest BCUT2D eigenvalue weighted by Crippen LogP contribution is -2.13. The first-order valence-electron chi connectivity index (χ1n) is 9.80. The first-order valence-corrected chi connectivity index (χ1v) is 9.80. The lowest BCUT2D eigenvalue weighted by atomic mass is 9.96. The highest BCUT2D eigenvalue weighted by atomic mass is 16.1. The normalized spacial score (nSPS) is 10.2. The number of primary amides is 1.